The smallest absolute Gasteiger partial charge is 0.306 e. The number of carboxylic acids is 1. The predicted octanol–water partition coefficient (Wildman–Crippen LogP) is 1.23. The van der Waals surface area contributed by atoms with Crippen LogP contribution >= 0.6 is 0 Å². The minimum absolute atomic E-state index is 0.0534. The molecule has 1 saturated carbocycles. The Bertz CT molecular complexity index is 154. The van der Waals surface area contributed by atoms with Crippen molar-refractivity contribution in [2.45, 2.75) is 25.4 Å². The van der Waals surface area contributed by atoms with Crippen molar-refractivity contribution in [2.75, 3.05) is 13.3 Å². The highest BCUT2D eigenvalue weighted by Gasteiger charge is 2.34. The van der Waals surface area contributed by atoms with E-state index in [0.29, 0.717) is 25.9 Å². The van der Waals surface area contributed by atoms with Crippen molar-refractivity contribution >= 4 is 5.97 Å². The minimum atomic E-state index is -0.750. The highest BCUT2D eigenvalue weighted by molar-refractivity contribution is 5.71. The van der Waals surface area contributed by atoms with Gasteiger partial charge in [-0.15, -0.1) is 0 Å². The molecular weight excluding hydrogens is 163 g/mol. The second-order valence-electron chi connectivity index (χ2n) is 3.04. The van der Waals surface area contributed by atoms with Crippen LogP contribution in [0.25, 0.3) is 0 Å². The van der Waals surface area contributed by atoms with Crippen molar-refractivity contribution in [3.8, 4) is 0 Å². The molecule has 4 heteroatoms. The summed E-state index contributed by atoms with van der Waals surface area (Å²) in [6.07, 6.45) is 1.63. The van der Waals surface area contributed by atoms with Gasteiger partial charge in [0.1, 0.15) is 0 Å². The van der Waals surface area contributed by atoms with E-state index in [9.17, 15) is 9.18 Å². The summed E-state index contributed by atoms with van der Waals surface area (Å²) >= 11 is 0. The summed E-state index contributed by atoms with van der Waals surface area (Å²) in [5, 5.41) is 8.51. The van der Waals surface area contributed by atoms with Crippen LogP contribution in [0, 0.1) is 5.92 Å². The molecule has 12 heavy (non-hydrogen) atoms. The fraction of sp³-hybridized carbons (Fsp3) is 0.875. The molecule has 0 unspecified atom stereocenters. The van der Waals surface area contributed by atoms with E-state index in [4.69, 9.17) is 9.84 Å². The second-order valence-corrected chi connectivity index (χ2v) is 3.04. The Morgan fingerprint density at radius 1 is 1.58 bits per heavy atom. The fourth-order valence-electron chi connectivity index (χ4n) is 1.21. The normalized spacial score (nSPS) is 28.1. The first-order valence-corrected chi connectivity index (χ1v) is 4.14. The number of ether oxygens (including phenoxy) is 1. The summed E-state index contributed by atoms with van der Waals surface area (Å²) in [6.45, 7) is 0.0442. The topological polar surface area (TPSA) is 46.5 Å². The fourth-order valence-corrected chi connectivity index (χ4v) is 1.21. The van der Waals surface area contributed by atoms with Crippen LogP contribution in [-0.2, 0) is 9.53 Å². The van der Waals surface area contributed by atoms with Crippen molar-refractivity contribution in [1.29, 1.82) is 0 Å². The van der Waals surface area contributed by atoms with E-state index in [1.807, 2.05) is 0 Å². The lowest BCUT2D eigenvalue weighted by Crippen LogP contribution is -2.36. The molecule has 70 valence electrons. The van der Waals surface area contributed by atoms with Crippen LogP contribution in [0.1, 0.15) is 19.3 Å². The van der Waals surface area contributed by atoms with Crippen LogP contribution in [0.2, 0.25) is 0 Å². The predicted molar refractivity (Wildman–Crippen MR) is 40.7 cm³/mol. The highest BCUT2D eigenvalue weighted by atomic mass is 19.1. The van der Waals surface area contributed by atoms with E-state index in [1.54, 1.807) is 0 Å². The first kappa shape index (κ1) is 9.45. The third-order valence-corrected chi connectivity index (χ3v) is 2.08. The third kappa shape index (κ3) is 2.44. The first-order valence-electron chi connectivity index (χ1n) is 4.14. The molecule has 0 saturated heterocycles. The number of rotatable bonds is 5. The molecule has 0 aromatic carbocycles. The Kier molecular flexibility index (Phi) is 3.47. The summed E-state index contributed by atoms with van der Waals surface area (Å²) in [5.41, 5.74) is 0. The first-order chi connectivity index (χ1) is 5.74. The lowest BCUT2D eigenvalue weighted by molar-refractivity contribution is -0.151. The van der Waals surface area contributed by atoms with E-state index in [-0.39, 0.29) is 18.7 Å². The molecule has 0 amide bonds. The molecule has 1 fully saturated rings. The van der Waals surface area contributed by atoms with Crippen LogP contribution in [0.4, 0.5) is 4.39 Å². The Labute approximate surface area is 70.5 Å². The Hall–Kier alpha value is -0.640. The number of alkyl halides is 1. The standard InChI is InChI=1S/C8H13FO3/c9-2-1-3-12-7-4-6(5-7)8(10)11/h6-7H,1-5H2,(H,10,11). The van der Waals surface area contributed by atoms with E-state index >= 15 is 0 Å². The van der Waals surface area contributed by atoms with Gasteiger partial charge in [-0.25, -0.2) is 0 Å². The van der Waals surface area contributed by atoms with Gasteiger partial charge in [-0.3, -0.25) is 9.18 Å². The Balaban J connectivity index is 1.98. The lowest BCUT2D eigenvalue weighted by atomic mass is 9.82. The number of hydrogen-bond acceptors (Lipinski definition) is 2. The average Bonchev–Trinajstić information content (AvgIpc) is 1.93. The Morgan fingerprint density at radius 2 is 2.25 bits per heavy atom. The number of aliphatic carboxylic acids is 1. The van der Waals surface area contributed by atoms with Gasteiger partial charge in [-0.1, -0.05) is 0 Å². The van der Waals surface area contributed by atoms with Crippen LogP contribution in [-0.4, -0.2) is 30.5 Å². The maximum atomic E-state index is 11.6. The van der Waals surface area contributed by atoms with Gasteiger partial charge in [0.25, 0.3) is 0 Å². The number of carboxylic acid groups (broad SMARTS) is 1. The third-order valence-electron chi connectivity index (χ3n) is 2.08. The number of hydrogen-bond donors (Lipinski definition) is 1. The SMILES string of the molecule is O=C(O)C1CC(OCCCF)C1. The Morgan fingerprint density at radius 3 is 2.75 bits per heavy atom. The van der Waals surface area contributed by atoms with Gasteiger partial charge < -0.3 is 9.84 Å². The van der Waals surface area contributed by atoms with E-state index in [2.05, 4.69) is 0 Å². The minimum Gasteiger partial charge on any atom is -0.481 e. The number of halogens is 1. The molecule has 0 atom stereocenters. The molecule has 3 nitrogen and oxygen atoms in total. The van der Waals surface area contributed by atoms with Gasteiger partial charge >= 0.3 is 5.97 Å². The molecular formula is C8H13FO3. The van der Waals surface area contributed by atoms with Crippen LogP contribution in [0.3, 0.4) is 0 Å². The summed E-state index contributed by atoms with van der Waals surface area (Å²) < 4.78 is 16.8. The molecule has 0 bridgehead atoms. The van der Waals surface area contributed by atoms with Crippen LogP contribution in [0.5, 0.6) is 0 Å². The van der Waals surface area contributed by atoms with Crippen molar-refractivity contribution in [3.63, 3.8) is 0 Å². The van der Waals surface area contributed by atoms with Gasteiger partial charge in [-0.2, -0.15) is 0 Å². The molecule has 0 radical (unpaired) electrons. The lowest BCUT2D eigenvalue weighted by Gasteiger charge is -2.31. The zero-order valence-corrected chi connectivity index (χ0v) is 6.83. The van der Waals surface area contributed by atoms with Crippen LogP contribution in [0.15, 0.2) is 0 Å². The van der Waals surface area contributed by atoms with Crippen molar-refractivity contribution in [3.05, 3.63) is 0 Å². The van der Waals surface area contributed by atoms with Gasteiger partial charge in [0, 0.05) is 6.61 Å². The van der Waals surface area contributed by atoms with Gasteiger partial charge in [0.2, 0.25) is 0 Å². The zero-order valence-electron chi connectivity index (χ0n) is 6.83. The second kappa shape index (κ2) is 4.40. The maximum absolute atomic E-state index is 11.6. The van der Waals surface area contributed by atoms with Crippen LogP contribution < -0.4 is 0 Å². The van der Waals surface area contributed by atoms with Gasteiger partial charge in [0.15, 0.2) is 0 Å². The molecule has 0 spiro atoms. The molecule has 0 aromatic heterocycles. The van der Waals surface area contributed by atoms with Gasteiger partial charge in [-0.05, 0) is 19.3 Å². The highest BCUT2D eigenvalue weighted by Crippen LogP contribution is 2.30. The van der Waals surface area contributed by atoms with Crippen molar-refractivity contribution < 1.29 is 19.0 Å². The average molecular weight is 176 g/mol. The summed E-state index contributed by atoms with van der Waals surface area (Å²) in [5.74, 6) is -0.985. The summed E-state index contributed by atoms with van der Waals surface area (Å²) in [6, 6.07) is 0. The maximum Gasteiger partial charge on any atom is 0.306 e. The van der Waals surface area contributed by atoms with E-state index < -0.39 is 5.97 Å². The molecule has 0 heterocycles. The van der Waals surface area contributed by atoms with Crippen molar-refractivity contribution in [1.82, 2.24) is 0 Å². The van der Waals surface area contributed by atoms with Gasteiger partial charge in [0.05, 0.1) is 18.7 Å². The molecule has 1 N–H and O–H groups in total. The molecule has 1 aliphatic carbocycles. The number of carbonyl (C=O) groups is 1. The monoisotopic (exact) mass is 176 g/mol. The molecule has 0 aliphatic heterocycles. The zero-order chi connectivity index (χ0) is 8.97. The van der Waals surface area contributed by atoms with Crippen molar-refractivity contribution in [2.24, 2.45) is 5.92 Å². The summed E-state index contributed by atoms with van der Waals surface area (Å²) in [7, 11) is 0. The summed E-state index contributed by atoms with van der Waals surface area (Å²) in [4.78, 5) is 10.3. The van der Waals surface area contributed by atoms with E-state index in [1.165, 1.54) is 0 Å². The van der Waals surface area contributed by atoms with E-state index in [0.717, 1.165) is 0 Å². The molecule has 1 rings (SSSR count). The molecule has 0 aromatic rings. The quantitative estimate of drug-likeness (QED) is 0.641. The largest absolute Gasteiger partial charge is 0.481 e. The molecule has 1 aliphatic rings.